The second kappa shape index (κ2) is 7.56. The lowest BCUT2D eigenvalue weighted by atomic mass is 9.67. The Balaban J connectivity index is 2.88. The lowest BCUT2D eigenvalue weighted by Crippen LogP contribution is -2.52. The van der Waals surface area contributed by atoms with E-state index in [1.165, 1.54) is 12.3 Å². The highest BCUT2D eigenvalue weighted by atomic mass is 28.3. The Hall–Kier alpha value is -1.99. The van der Waals surface area contributed by atoms with Crippen molar-refractivity contribution in [3.05, 3.63) is 65.5 Å². The molecule has 0 radical (unpaired) electrons. The van der Waals surface area contributed by atoms with E-state index in [-0.39, 0.29) is 5.56 Å². The quantitative estimate of drug-likeness (QED) is 0.514. The zero-order chi connectivity index (χ0) is 20.5. The van der Waals surface area contributed by atoms with Crippen molar-refractivity contribution in [1.82, 2.24) is 4.98 Å². The molecule has 0 aliphatic rings. The lowest BCUT2D eigenvalue weighted by molar-refractivity contribution is -0.141. The number of carbonyl (C=O) groups excluding carboxylic acids is 1. The topological polar surface area (TPSA) is 39.2 Å². The van der Waals surface area contributed by atoms with E-state index in [0.29, 0.717) is 5.56 Å². The molecule has 1 atom stereocenters. The van der Waals surface area contributed by atoms with Crippen LogP contribution < -0.4 is 0 Å². The molecule has 27 heavy (non-hydrogen) atoms. The average Bonchev–Trinajstić information content (AvgIpc) is 2.58. The molecule has 1 heterocycles. The Kier molecular flexibility index (Phi) is 5.96. The van der Waals surface area contributed by atoms with Crippen molar-refractivity contribution in [2.75, 3.05) is 0 Å². The first-order valence-electron chi connectivity index (χ1n) is 8.70. The standard InChI is InChI=1S/C20H24F3NO2Si/c1-18(2,3)19(26-27(4)5,17(25)14-9-7-6-8-10-14)15-11-12-24-13-16(15)20(21,22)23/h6-13,27H,1-5H3. The molecule has 2 rings (SSSR count). The van der Waals surface area contributed by atoms with Crippen molar-refractivity contribution in [1.29, 1.82) is 0 Å². The maximum atomic E-state index is 13.8. The first-order valence-corrected chi connectivity index (χ1v) is 11.5. The fourth-order valence-electron chi connectivity index (χ4n) is 3.23. The van der Waals surface area contributed by atoms with Gasteiger partial charge in [0.1, 0.15) is 0 Å². The van der Waals surface area contributed by atoms with Crippen LogP contribution in [0.25, 0.3) is 0 Å². The third-order valence-corrected chi connectivity index (χ3v) is 5.16. The molecule has 3 nitrogen and oxygen atoms in total. The summed E-state index contributed by atoms with van der Waals surface area (Å²) in [5.74, 6) is -0.478. The maximum absolute atomic E-state index is 13.8. The second-order valence-electron chi connectivity index (χ2n) is 7.71. The largest absolute Gasteiger partial charge is 0.418 e. The summed E-state index contributed by atoms with van der Waals surface area (Å²) in [4.78, 5) is 17.3. The molecule has 1 aromatic carbocycles. The number of hydrogen-bond donors (Lipinski definition) is 0. The van der Waals surface area contributed by atoms with Crippen molar-refractivity contribution in [2.24, 2.45) is 5.41 Å². The normalized spacial score (nSPS) is 14.9. The Bertz CT molecular complexity index is 801. The van der Waals surface area contributed by atoms with Gasteiger partial charge in [0.25, 0.3) is 0 Å². The van der Waals surface area contributed by atoms with E-state index in [9.17, 15) is 18.0 Å². The van der Waals surface area contributed by atoms with Gasteiger partial charge in [-0.15, -0.1) is 0 Å². The summed E-state index contributed by atoms with van der Waals surface area (Å²) in [6, 6.07) is 9.58. The Morgan fingerprint density at radius 3 is 2.07 bits per heavy atom. The van der Waals surface area contributed by atoms with Gasteiger partial charge in [-0.25, -0.2) is 0 Å². The monoisotopic (exact) mass is 395 g/mol. The predicted molar refractivity (Wildman–Crippen MR) is 101 cm³/mol. The van der Waals surface area contributed by atoms with E-state index in [1.807, 2.05) is 13.1 Å². The molecule has 0 aliphatic carbocycles. The summed E-state index contributed by atoms with van der Waals surface area (Å²) < 4.78 is 47.5. The van der Waals surface area contributed by atoms with Crippen LogP contribution in [0.3, 0.4) is 0 Å². The number of carbonyl (C=O) groups is 1. The van der Waals surface area contributed by atoms with Gasteiger partial charge in [-0.2, -0.15) is 13.2 Å². The minimum absolute atomic E-state index is 0.187. The van der Waals surface area contributed by atoms with Crippen LogP contribution in [0.4, 0.5) is 13.2 Å². The third kappa shape index (κ3) is 4.14. The molecule has 2 aromatic rings. The number of nitrogens with zero attached hydrogens (tertiary/aromatic N) is 1. The minimum Gasteiger partial charge on any atom is -0.404 e. The van der Waals surface area contributed by atoms with Gasteiger partial charge in [0.15, 0.2) is 20.4 Å². The fourth-order valence-corrected chi connectivity index (χ4v) is 4.53. The zero-order valence-electron chi connectivity index (χ0n) is 16.1. The highest BCUT2D eigenvalue weighted by Crippen LogP contribution is 2.49. The van der Waals surface area contributed by atoms with Gasteiger partial charge in [0.2, 0.25) is 0 Å². The molecule has 0 N–H and O–H groups in total. The van der Waals surface area contributed by atoms with Gasteiger partial charge in [-0.3, -0.25) is 9.78 Å². The number of hydrogen-bond acceptors (Lipinski definition) is 3. The van der Waals surface area contributed by atoms with Crippen LogP contribution in [0.1, 0.15) is 42.3 Å². The summed E-state index contributed by atoms with van der Waals surface area (Å²) in [5.41, 5.74) is -3.53. The molecule has 0 aliphatic heterocycles. The van der Waals surface area contributed by atoms with Crippen molar-refractivity contribution in [3.63, 3.8) is 0 Å². The van der Waals surface area contributed by atoms with E-state index in [1.54, 1.807) is 51.1 Å². The first-order chi connectivity index (χ1) is 12.4. The van der Waals surface area contributed by atoms with E-state index < -0.39 is 37.6 Å². The molecule has 0 spiro atoms. The summed E-state index contributed by atoms with van der Waals surface area (Å²) >= 11 is 0. The third-order valence-electron chi connectivity index (χ3n) is 4.33. The van der Waals surface area contributed by atoms with Gasteiger partial charge in [-0.1, -0.05) is 51.1 Å². The molecule has 146 valence electrons. The van der Waals surface area contributed by atoms with E-state index in [0.717, 1.165) is 6.20 Å². The number of rotatable bonds is 5. The summed E-state index contributed by atoms with van der Waals surface area (Å²) in [7, 11) is -1.93. The highest BCUT2D eigenvalue weighted by Gasteiger charge is 2.55. The number of ketones is 1. The Morgan fingerprint density at radius 1 is 1.00 bits per heavy atom. The van der Waals surface area contributed by atoms with Crippen LogP contribution >= 0.6 is 0 Å². The predicted octanol–water partition coefficient (Wildman–Crippen LogP) is 5.22. The van der Waals surface area contributed by atoms with Crippen molar-refractivity contribution < 1.29 is 22.4 Å². The van der Waals surface area contributed by atoms with Crippen molar-refractivity contribution >= 4 is 14.8 Å². The molecule has 0 amide bonds. The smallest absolute Gasteiger partial charge is 0.404 e. The van der Waals surface area contributed by atoms with Crippen LogP contribution in [-0.4, -0.2) is 19.8 Å². The van der Waals surface area contributed by atoms with Crippen LogP contribution in [0.15, 0.2) is 48.8 Å². The van der Waals surface area contributed by atoms with E-state index in [2.05, 4.69) is 4.98 Å². The number of pyridine rings is 1. The minimum atomic E-state index is -4.65. The molecule has 0 bridgehead atoms. The SMILES string of the molecule is C[SiH](C)OC(C(=O)c1ccccc1)(c1ccncc1C(F)(F)F)C(C)(C)C. The van der Waals surface area contributed by atoms with Crippen LogP contribution in [-0.2, 0) is 16.2 Å². The van der Waals surface area contributed by atoms with Gasteiger partial charge in [0.05, 0.1) is 5.56 Å². The Labute approximate surface area is 159 Å². The summed E-state index contributed by atoms with van der Waals surface area (Å²) in [6.07, 6.45) is -2.62. The number of alkyl halides is 3. The maximum Gasteiger partial charge on any atom is 0.418 e. The average molecular weight is 395 g/mol. The van der Waals surface area contributed by atoms with Crippen molar-refractivity contribution in [2.45, 2.75) is 45.6 Å². The van der Waals surface area contributed by atoms with Crippen molar-refractivity contribution in [3.8, 4) is 0 Å². The number of Topliss-reactive ketones (excluding diaryl/α,β-unsaturated/α-hetero) is 1. The van der Waals surface area contributed by atoms with Crippen LogP contribution in [0.2, 0.25) is 13.1 Å². The zero-order valence-corrected chi connectivity index (χ0v) is 17.2. The van der Waals surface area contributed by atoms with E-state index >= 15 is 0 Å². The molecule has 1 unspecified atom stereocenters. The summed E-state index contributed by atoms with van der Waals surface area (Å²) in [6.45, 7) is 8.86. The summed E-state index contributed by atoms with van der Waals surface area (Å²) in [5, 5.41) is 0. The van der Waals surface area contributed by atoms with Crippen LogP contribution in [0.5, 0.6) is 0 Å². The molecular weight excluding hydrogens is 371 g/mol. The molecule has 1 aromatic heterocycles. The van der Waals surface area contributed by atoms with Gasteiger partial charge in [-0.05, 0) is 19.2 Å². The van der Waals surface area contributed by atoms with Gasteiger partial charge >= 0.3 is 6.18 Å². The second-order valence-corrected chi connectivity index (χ2v) is 10.0. The molecule has 0 fully saturated rings. The number of benzene rings is 1. The van der Waals surface area contributed by atoms with Gasteiger partial charge in [0, 0.05) is 28.9 Å². The van der Waals surface area contributed by atoms with Gasteiger partial charge < -0.3 is 4.43 Å². The fraction of sp³-hybridized carbons (Fsp3) is 0.400. The molecule has 7 heteroatoms. The molecule has 0 saturated heterocycles. The number of halogens is 3. The first kappa shape index (κ1) is 21.3. The highest BCUT2D eigenvalue weighted by molar-refractivity contribution is 6.49. The van der Waals surface area contributed by atoms with E-state index in [4.69, 9.17) is 4.43 Å². The molecular formula is C20H24F3NO2Si. The van der Waals surface area contributed by atoms with Crippen LogP contribution in [0, 0.1) is 5.41 Å². The lowest BCUT2D eigenvalue weighted by Gasteiger charge is -2.46. The molecule has 0 saturated carbocycles. The number of aromatic nitrogens is 1. The Morgan fingerprint density at radius 2 is 1.59 bits per heavy atom.